The molecule has 0 unspecified atom stereocenters. The summed E-state index contributed by atoms with van der Waals surface area (Å²) in [6.45, 7) is 7.09. The molecule has 21 heavy (non-hydrogen) atoms. The van der Waals surface area contributed by atoms with Crippen LogP contribution in [0.4, 0.5) is 13.2 Å². The lowest BCUT2D eigenvalue weighted by molar-refractivity contribution is -0.137. The number of hydrogen-bond acceptors (Lipinski definition) is 2. The highest BCUT2D eigenvalue weighted by Gasteiger charge is 2.32. The number of rotatable bonds is 4. The van der Waals surface area contributed by atoms with Gasteiger partial charge in [0.15, 0.2) is 0 Å². The van der Waals surface area contributed by atoms with Crippen molar-refractivity contribution in [2.45, 2.75) is 18.6 Å². The first kappa shape index (κ1) is 16.5. The minimum absolute atomic E-state index is 0.0822. The molecule has 1 saturated heterocycles. The lowest BCUT2D eigenvalue weighted by Gasteiger charge is -2.35. The summed E-state index contributed by atoms with van der Waals surface area (Å²) in [5, 5.41) is 3.25. The predicted octanol–water partition coefficient (Wildman–Crippen LogP) is 3.99. The maximum absolute atomic E-state index is 12.9. The zero-order chi connectivity index (χ0) is 15.5. The van der Waals surface area contributed by atoms with Crippen molar-refractivity contribution in [3.63, 3.8) is 0 Å². The molecular formula is C15H18BrF3N2. The molecule has 0 saturated carbocycles. The first-order chi connectivity index (χ1) is 9.93. The average Bonchev–Trinajstić information content (AvgIpc) is 2.45. The van der Waals surface area contributed by atoms with E-state index in [1.807, 2.05) is 0 Å². The van der Waals surface area contributed by atoms with Gasteiger partial charge in [-0.15, -0.1) is 6.58 Å². The molecular weight excluding hydrogens is 345 g/mol. The molecule has 6 heteroatoms. The third-order valence-corrected chi connectivity index (χ3v) is 4.39. The molecule has 0 bridgehead atoms. The molecule has 1 fully saturated rings. The molecule has 1 aliphatic heterocycles. The number of nitrogens with one attached hydrogen (secondary N) is 1. The van der Waals surface area contributed by atoms with Crippen molar-refractivity contribution in [2.24, 2.45) is 0 Å². The molecule has 1 aliphatic rings. The number of nitrogens with zero attached hydrogens (tertiary/aromatic N) is 1. The van der Waals surface area contributed by atoms with Crippen molar-refractivity contribution in [1.82, 2.24) is 10.2 Å². The van der Waals surface area contributed by atoms with Gasteiger partial charge in [0, 0.05) is 36.7 Å². The first-order valence-corrected chi connectivity index (χ1v) is 7.65. The molecule has 0 amide bonds. The van der Waals surface area contributed by atoms with Gasteiger partial charge in [-0.25, -0.2) is 0 Å². The van der Waals surface area contributed by atoms with E-state index in [4.69, 9.17) is 0 Å². The van der Waals surface area contributed by atoms with Crippen molar-refractivity contribution in [2.75, 3.05) is 26.2 Å². The van der Waals surface area contributed by atoms with Crippen LogP contribution < -0.4 is 5.32 Å². The van der Waals surface area contributed by atoms with Crippen LogP contribution in [0.5, 0.6) is 0 Å². The molecule has 0 aliphatic carbocycles. The first-order valence-electron chi connectivity index (χ1n) is 6.86. The number of halogens is 4. The minimum Gasteiger partial charge on any atom is -0.314 e. The van der Waals surface area contributed by atoms with Gasteiger partial charge in [0.05, 0.1) is 5.56 Å². The highest BCUT2D eigenvalue weighted by molar-refractivity contribution is 9.10. The van der Waals surface area contributed by atoms with Gasteiger partial charge in [0.2, 0.25) is 0 Å². The second-order valence-electron chi connectivity index (χ2n) is 5.06. The Morgan fingerprint density at radius 2 is 2.00 bits per heavy atom. The van der Waals surface area contributed by atoms with Gasteiger partial charge in [0.25, 0.3) is 0 Å². The van der Waals surface area contributed by atoms with Crippen LogP contribution in [0.1, 0.15) is 23.6 Å². The van der Waals surface area contributed by atoms with Crippen molar-refractivity contribution in [3.8, 4) is 0 Å². The van der Waals surface area contributed by atoms with E-state index >= 15 is 0 Å². The number of hydrogen-bond donors (Lipinski definition) is 1. The highest BCUT2D eigenvalue weighted by atomic mass is 79.9. The second-order valence-corrected chi connectivity index (χ2v) is 5.91. The van der Waals surface area contributed by atoms with Crippen LogP contribution in [0.25, 0.3) is 0 Å². The summed E-state index contributed by atoms with van der Waals surface area (Å²) >= 11 is 3.39. The van der Waals surface area contributed by atoms with Crippen LogP contribution in [0.15, 0.2) is 35.3 Å². The smallest absolute Gasteiger partial charge is 0.314 e. The third kappa shape index (κ3) is 4.08. The standard InChI is InChI=1S/C15H18BrF3N2/c1-2-3-14(21-8-6-20-7-9-21)12-10-11(15(17,18)19)4-5-13(12)16/h2,4-5,10,14,20H,1,3,6-9H2/t14-/m1/s1. The van der Waals surface area contributed by atoms with Crippen LogP contribution in [0, 0.1) is 0 Å². The fourth-order valence-corrected chi connectivity index (χ4v) is 3.11. The lowest BCUT2D eigenvalue weighted by atomic mass is 9.99. The monoisotopic (exact) mass is 362 g/mol. The summed E-state index contributed by atoms with van der Waals surface area (Å²) < 4.78 is 39.5. The van der Waals surface area contributed by atoms with Crippen molar-refractivity contribution in [3.05, 3.63) is 46.5 Å². The second kappa shape index (κ2) is 6.94. The molecule has 1 N–H and O–H groups in total. The molecule has 116 valence electrons. The molecule has 1 atom stereocenters. The molecule has 0 radical (unpaired) electrons. The average molecular weight is 363 g/mol. The van der Waals surface area contributed by atoms with Gasteiger partial charge in [-0.2, -0.15) is 13.2 Å². The molecule has 0 aromatic heterocycles. The highest BCUT2D eigenvalue weighted by Crippen LogP contribution is 2.36. The van der Waals surface area contributed by atoms with Gasteiger partial charge in [-0.3, -0.25) is 4.90 Å². The van der Waals surface area contributed by atoms with Crippen LogP contribution in [0.2, 0.25) is 0 Å². The zero-order valence-electron chi connectivity index (χ0n) is 11.6. The summed E-state index contributed by atoms with van der Waals surface area (Å²) in [4.78, 5) is 2.21. The van der Waals surface area contributed by atoms with E-state index in [1.165, 1.54) is 12.1 Å². The number of piperazine rings is 1. The Morgan fingerprint density at radius 3 is 2.57 bits per heavy atom. The van der Waals surface area contributed by atoms with Gasteiger partial charge in [-0.1, -0.05) is 22.0 Å². The SMILES string of the molecule is C=CC[C@H](c1cc(C(F)(F)F)ccc1Br)N1CCNCC1. The van der Waals surface area contributed by atoms with E-state index in [0.717, 1.165) is 32.2 Å². The molecule has 1 aromatic carbocycles. The van der Waals surface area contributed by atoms with Crippen LogP contribution in [0.3, 0.4) is 0 Å². The molecule has 1 heterocycles. The fraction of sp³-hybridized carbons (Fsp3) is 0.467. The summed E-state index contributed by atoms with van der Waals surface area (Å²) in [5.41, 5.74) is 0.0662. The molecule has 1 aromatic rings. The van der Waals surface area contributed by atoms with E-state index in [0.29, 0.717) is 16.5 Å². The third-order valence-electron chi connectivity index (χ3n) is 3.66. The number of alkyl halides is 3. The minimum atomic E-state index is -4.32. The van der Waals surface area contributed by atoms with Gasteiger partial charge < -0.3 is 5.32 Å². The van der Waals surface area contributed by atoms with E-state index in [2.05, 4.69) is 32.7 Å². The van der Waals surface area contributed by atoms with Crippen molar-refractivity contribution in [1.29, 1.82) is 0 Å². The summed E-state index contributed by atoms with van der Waals surface area (Å²) in [5.74, 6) is 0. The maximum Gasteiger partial charge on any atom is 0.416 e. The predicted molar refractivity (Wildman–Crippen MR) is 81.1 cm³/mol. The molecule has 2 nitrogen and oxygen atoms in total. The van der Waals surface area contributed by atoms with E-state index in [1.54, 1.807) is 6.08 Å². The summed E-state index contributed by atoms with van der Waals surface area (Å²) in [6, 6.07) is 3.76. The Labute approximate surface area is 131 Å². The maximum atomic E-state index is 12.9. The Kier molecular flexibility index (Phi) is 5.46. The van der Waals surface area contributed by atoms with E-state index in [-0.39, 0.29) is 6.04 Å². The number of benzene rings is 1. The fourth-order valence-electron chi connectivity index (χ4n) is 2.60. The summed E-state index contributed by atoms with van der Waals surface area (Å²) in [7, 11) is 0. The Hall–Kier alpha value is -0.850. The van der Waals surface area contributed by atoms with E-state index < -0.39 is 11.7 Å². The topological polar surface area (TPSA) is 15.3 Å². The van der Waals surface area contributed by atoms with Gasteiger partial charge in [-0.05, 0) is 30.2 Å². The van der Waals surface area contributed by atoms with Gasteiger partial charge >= 0.3 is 6.18 Å². The van der Waals surface area contributed by atoms with Crippen LogP contribution in [-0.2, 0) is 6.18 Å². The largest absolute Gasteiger partial charge is 0.416 e. The van der Waals surface area contributed by atoms with E-state index in [9.17, 15) is 13.2 Å². The van der Waals surface area contributed by atoms with Crippen molar-refractivity contribution < 1.29 is 13.2 Å². The van der Waals surface area contributed by atoms with Crippen LogP contribution >= 0.6 is 15.9 Å². The zero-order valence-corrected chi connectivity index (χ0v) is 13.2. The quantitative estimate of drug-likeness (QED) is 0.814. The molecule has 0 spiro atoms. The Balaban J connectivity index is 2.36. The summed E-state index contributed by atoms with van der Waals surface area (Å²) in [6.07, 6.45) is -1.93. The Morgan fingerprint density at radius 1 is 1.33 bits per heavy atom. The van der Waals surface area contributed by atoms with Crippen molar-refractivity contribution >= 4 is 15.9 Å². The Bertz CT molecular complexity index is 496. The molecule has 2 rings (SSSR count). The lowest BCUT2D eigenvalue weighted by Crippen LogP contribution is -2.45. The van der Waals surface area contributed by atoms with Gasteiger partial charge in [0.1, 0.15) is 0 Å². The normalized spacial score (nSPS) is 18.5. The van der Waals surface area contributed by atoms with Crippen LogP contribution in [-0.4, -0.2) is 31.1 Å².